The van der Waals surface area contributed by atoms with Gasteiger partial charge in [-0.25, -0.2) is 0 Å². The van der Waals surface area contributed by atoms with Gasteiger partial charge >= 0.3 is 15.8 Å². The van der Waals surface area contributed by atoms with Gasteiger partial charge in [-0.1, -0.05) is 24.3 Å². The van der Waals surface area contributed by atoms with Crippen molar-refractivity contribution in [2.45, 2.75) is 4.90 Å². The van der Waals surface area contributed by atoms with E-state index in [4.69, 9.17) is 9.92 Å². The van der Waals surface area contributed by atoms with Gasteiger partial charge in [-0.2, -0.15) is 8.42 Å². The summed E-state index contributed by atoms with van der Waals surface area (Å²) in [7, 11) is -4.33. The molecule has 0 saturated heterocycles. The van der Waals surface area contributed by atoms with Gasteiger partial charge in [0.05, 0.1) is 4.92 Å². The predicted octanol–water partition coefficient (Wildman–Crippen LogP) is 1.94. The van der Waals surface area contributed by atoms with Crippen LogP contribution in [0.3, 0.4) is 0 Å². The summed E-state index contributed by atoms with van der Waals surface area (Å²) in [6, 6.07) is 11.3. The Morgan fingerprint density at radius 2 is 1.70 bits per heavy atom. The molecule has 0 fully saturated rings. The number of nitrogens with two attached hydrogens (primary N) is 1. The molecule has 0 spiro atoms. The van der Waals surface area contributed by atoms with E-state index in [1.54, 1.807) is 18.2 Å². The van der Waals surface area contributed by atoms with Crippen molar-refractivity contribution in [2.75, 3.05) is 5.73 Å². The van der Waals surface area contributed by atoms with Gasteiger partial charge in [0, 0.05) is 0 Å². The van der Waals surface area contributed by atoms with Crippen LogP contribution in [0.15, 0.2) is 53.4 Å². The predicted molar refractivity (Wildman–Crippen MR) is 71.8 cm³/mol. The molecule has 0 aliphatic heterocycles. The molecule has 0 saturated carbocycles. The van der Waals surface area contributed by atoms with E-state index in [9.17, 15) is 18.5 Å². The quantitative estimate of drug-likeness (QED) is 0.399. The number of nitro benzene ring substituents is 1. The van der Waals surface area contributed by atoms with Crippen molar-refractivity contribution in [3.8, 4) is 5.75 Å². The Kier molecular flexibility index (Phi) is 3.57. The monoisotopic (exact) mass is 294 g/mol. The Morgan fingerprint density at radius 1 is 1.05 bits per heavy atom. The highest BCUT2D eigenvalue weighted by Gasteiger charge is 2.29. The number of nitro groups is 1. The smallest absolute Gasteiger partial charge is 0.346 e. The molecule has 0 heterocycles. The third kappa shape index (κ3) is 2.69. The summed E-state index contributed by atoms with van der Waals surface area (Å²) < 4.78 is 29.0. The highest BCUT2D eigenvalue weighted by molar-refractivity contribution is 7.87. The first-order chi connectivity index (χ1) is 9.42. The maximum atomic E-state index is 12.1. The Balaban J connectivity index is 2.50. The van der Waals surface area contributed by atoms with Gasteiger partial charge in [0.2, 0.25) is 0 Å². The van der Waals surface area contributed by atoms with Gasteiger partial charge in [-0.15, -0.1) is 0 Å². The fourth-order valence-electron chi connectivity index (χ4n) is 1.58. The number of nitrogens with zero attached hydrogens (tertiary/aromatic N) is 1. The minimum atomic E-state index is -4.33. The third-order valence-electron chi connectivity index (χ3n) is 2.43. The first kappa shape index (κ1) is 13.8. The average Bonchev–Trinajstić information content (AvgIpc) is 2.38. The van der Waals surface area contributed by atoms with Crippen molar-refractivity contribution < 1.29 is 17.5 Å². The topological polar surface area (TPSA) is 113 Å². The number of hydrogen-bond acceptors (Lipinski definition) is 6. The summed E-state index contributed by atoms with van der Waals surface area (Å²) in [6.07, 6.45) is 0. The molecule has 0 aliphatic rings. The molecule has 0 bridgehead atoms. The fraction of sp³-hybridized carbons (Fsp3) is 0. The van der Waals surface area contributed by atoms with E-state index in [-0.39, 0.29) is 11.4 Å². The molecule has 0 aromatic heterocycles. The van der Waals surface area contributed by atoms with E-state index in [0.29, 0.717) is 0 Å². The zero-order valence-electron chi connectivity index (χ0n) is 10.1. The van der Waals surface area contributed by atoms with E-state index < -0.39 is 25.6 Å². The van der Waals surface area contributed by atoms with Gasteiger partial charge in [0.25, 0.3) is 0 Å². The number of para-hydroxylation sites is 2. The standard InChI is InChI=1S/C12H10N2O5S/c13-10-7-4-8-11(12(10)14(15)16)20(17,18)19-9-5-2-1-3-6-9/h1-8H,13H2. The number of anilines is 1. The minimum Gasteiger partial charge on any atom is -0.393 e. The van der Waals surface area contributed by atoms with Crippen LogP contribution < -0.4 is 9.92 Å². The number of hydrogen-bond donors (Lipinski definition) is 1. The molecule has 2 aromatic rings. The molecule has 2 aromatic carbocycles. The average molecular weight is 294 g/mol. The van der Waals surface area contributed by atoms with Crippen LogP contribution in [0.25, 0.3) is 0 Å². The van der Waals surface area contributed by atoms with Crippen molar-refractivity contribution in [3.05, 3.63) is 58.6 Å². The molecule has 0 amide bonds. The Hall–Kier alpha value is -2.61. The second kappa shape index (κ2) is 5.17. The summed E-state index contributed by atoms with van der Waals surface area (Å²) in [5.41, 5.74) is 4.52. The summed E-state index contributed by atoms with van der Waals surface area (Å²) in [5, 5.41) is 10.9. The van der Waals surface area contributed by atoms with Crippen molar-refractivity contribution in [3.63, 3.8) is 0 Å². The van der Waals surface area contributed by atoms with E-state index in [1.807, 2.05) is 0 Å². The van der Waals surface area contributed by atoms with Crippen LogP contribution in [-0.4, -0.2) is 13.3 Å². The Bertz CT molecular complexity index is 744. The second-order valence-electron chi connectivity index (χ2n) is 3.80. The third-order valence-corrected chi connectivity index (χ3v) is 3.71. The summed E-state index contributed by atoms with van der Waals surface area (Å²) >= 11 is 0. The zero-order valence-corrected chi connectivity index (χ0v) is 10.9. The minimum absolute atomic E-state index is 0.0595. The largest absolute Gasteiger partial charge is 0.393 e. The zero-order chi connectivity index (χ0) is 14.8. The molecule has 20 heavy (non-hydrogen) atoms. The molecule has 0 aliphatic carbocycles. The van der Waals surface area contributed by atoms with E-state index in [0.717, 1.165) is 6.07 Å². The lowest BCUT2D eigenvalue weighted by molar-refractivity contribution is -0.386. The number of benzene rings is 2. The van der Waals surface area contributed by atoms with Gasteiger partial charge in [0.1, 0.15) is 11.4 Å². The maximum Gasteiger partial charge on any atom is 0.346 e. The normalized spacial score (nSPS) is 11.0. The lowest BCUT2D eigenvalue weighted by atomic mass is 10.3. The van der Waals surface area contributed by atoms with Gasteiger partial charge < -0.3 is 9.92 Å². The fourth-order valence-corrected chi connectivity index (χ4v) is 2.71. The molecule has 0 radical (unpaired) electrons. The van der Waals surface area contributed by atoms with Crippen LogP contribution in [0, 0.1) is 10.1 Å². The highest BCUT2D eigenvalue weighted by Crippen LogP contribution is 2.31. The molecule has 104 valence electrons. The lowest BCUT2D eigenvalue weighted by Gasteiger charge is -2.08. The van der Waals surface area contributed by atoms with Crippen molar-refractivity contribution in [2.24, 2.45) is 0 Å². The van der Waals surface area contributed by atoms with E-state index in [1.165, 1.54) is 24.3 Å². The molecule has 2 N–H and O–H groups in total. The number of rotatable bonds is 4. The highest BCUT2D eigenvalue weighted by atomic mass is 32.2. The molecule has 7 nitrogen and oxygen atoms in total. The van der Waals surface area contributed by atoms with E-state index in [2.05, 4.69) is 0 Å². The van der Waals surface area contributed by atoms with Crippen LogP contribution >= 0.6 is 0 Å². The summed E-state index contributed by atoms with van der Waals surface area (Å²) in [6.45, 7) is 0. The molecule has 8 heteroatoms. The van der Waals surface area contributed by atoms with E-state index >= 15 is 0 Å². The summed E-state index contributed by atoms with van der Waals surface area (Å²) in [4.78, 5) is 9.52. The Morgan fingerprint density at radius 3 is 2.30 bits per heavy atom. The van der Waals surface area contributed by atoms with Gasteiger partial charge in [-0.05, 0) is 24.3 Å². The lowest BCUT2D eigenvalue weighted by Crippen LogP contribution is -2.13. The van der Waals surface area contributed by atoms with Crippen LogP contribution in [0.1, 0.15) is 0 Å². The van der Waals surface area contributed by atoms with Gasteiger partial charge in [-0.3, -0.25) is 10.1 Å². The van der Waals surface area contributed by atoms with Crippen molar-refractivity contribution in [1.82, 2.24) is 0 Å². The molecule has 0 atom stereocenters. The van der Waals surface area contributed by atoms with Crippen LogP contribution in [0.5, 0.6) is 5.75 Å². The first-order valence-corrected chi connectivity index (χ1v) is 6.85. The van der Waals surface area contributed by atoms with Crippen molar-refractivity contribution >= 4 is 21.5 Å². The van der Waals surface area contributed by atoms with Crippen LogP contribution in [-0.2, 0) is 10.1 Å². The maximum absolute atomic E-state index is 12.1. The van der Waals surface area contributed by atoms with Crippen LogP contribution in [0.2, 0.25) is 0 Å². The van der Waals surface area contributed by atoms with Crippen molar-refractivity contribution in [1.29, 1.82) is 0 Å². The second-order valence-corrected chi connectivity index (χ2v) is 5.32. The molecule has 2 rings (SSSR count). The Labute approximate surface area is 114 Å². The molecular weight excluding hydrogens is 284 g/mol. The SMILES string of the molecule is Nc1cccc(S(=O)(=O)Oc2ccccc2)c1[N+](=O)[O-]. The van der Waals surface area contributed by atoms with Gasteiger partial charge in [0.15, 0.2) is 4.90 Å². The molecule has 0 unspecified atom stereocenters. The molecular formula is C12H10N2O5S. The summed E-state index contributed by atoms with van der Waals surface area (Å²) in [5.74, 6) is 0.0595. The van der Waals surface area contributed by atoms with Crippen LogP contribution in [0.4, 0.5) is 11.4 Å². The first-order valence-electron chi connectivity index (χ1n) is 5.44. The number of nitrogen functional groups attached to an aromatic ring is 1.